The standard InChI is InChI=1S/C17H24N2O6S/c1-17(2,3)25-15(20)12-24-16(21)13-6-9-19(10-7-13)26(22,23)14-5-4-8-18-11-14/h4-5,8,11,13H,6-7,9-10,12H2,1-3H3. The molecular formula is C17H24N2O6S. The summed E-state index contributed by atoms with van der Waals surface area (Å²) in [5, 5.41) is 0. The topological polar surface area (TPSA) is 103 Å². The number of rotatable bonds is 5. The van der Waals surface area contributed by atoms with Crippen LogP contribution in [0.5, 0.6) is 0 Å². The van der Waals surface area contributed by atoms with Crippen LogP contribution in [0, 0.1) is 5.92 Å². The van der Waals surface area contributed by atoms with Gasteiger partial charge in [-0.15, -0.1) is 0 Å². The van der Waals surface area contributed by atoms with E-state index in [4.69, 9.17) is 9.47 Å². The Hall–Kier alpha value is -2.00. The highest BCUT2D eigenvalue weighted by molar-refractivity contribution is 7.89. The summed E-state index contributed by atoms with van der Waals surface area (Å²) in [5.74, 6) is -1.55. The molecule has 0 N–H and O–H groups in total. The number of sulfonamides is 1. The first-order valence-corrected chi connectivity index (χ1v) is 9.82. The number of pyridine rings is 1. The maximum atomic E-state index is 12.5. The van der Waals surface area contributed by atoms with Gasteiger partial charge in [-0.3, -0.25) is 9.78 Å². The predicted molar refractivity (Wildman–Crippen MR) is 92.5 cm³/mol. The van der Waals surface area contributed by atoms with Crippen LogP contribution >= 0.6 is 0 Å². The van der Waals surface area contributed by atoms with Crippen molar-refractivity contribution in [3.63, 3.8) is 0 Å². The molecule has 8 nitrogen and oxygen atoms in total. The SMILES string of the molecule is CC(C)(C)OC(=O)COC(=O)C1CCN(S(=O)(=O)c2cccnc2)CC1. The summed E-state index contributed by atoms with van der Waals surface area (Å²) in [4.78, 5) is 27.6. The number of esters is 2. The quantitative estimate of drug-likeness (QED) is 0.706. The van der Waals surface area contributed by atoms with E-state index in [1.807, 2.05) is 0 Å². The summed E-state index contributed by atoms with van der Waals surface area (Å²) >= 11 is 0. The van der Waals surface area contributed by atoms with E-state index < -0.39 is 40.1 Å². The molecular weight excluding hydrogens is 360 g/mol. The van der Waals surface area contributed by atoms with E-state index in [0.29, 0.717) is 12.8 Å². The minimum absolute atomic E-state index is 0.131. The summed E-state index contributed by atoms with van der Waals surface area (Å²) in [7, 11) is -3.61. The highest BCUT2D eigenvalue weighted by Gasteiger charge is 2.33. The third-order valence-corrected chi connectivity index (χ3v) is 5.69. The molecule has 144 valence electrons. The lowest BCUT2D eigenvalue weighted by atomic mass is 9.98. The first kappa shape index (κ1) is 20.3. The molecule has 1 aliphatic heterocycles. The fraction of sp³-hybridized carbons (Fsp3) is 0.588. The van der Waals surface area contributed by atoms with Gasteiger partial charge in [0, 0.05) is 25.5 Å². The minimum Gasteiger partial charge on any atom is -0.457 e. The zero-order valence-electron chi connectivity index (χ0n) is 15.2. The van der Waals surface area contributed by atoms with E-state index in [0.717, 1.165) is 0 Å². The van der Waals surface area contributed by atoms with Crippen molar-refractivity contribution in [3.05, 3.63) is 24.5 Å². The first-order valence-electron chi connectivity index (χ1n) is 8.38. The maximum absolute atomic E-state index is 12.5. The Morgan fingerprint density at radius 2 is 1.92 bits per heavy atom. The molecule has 1 aromatic heterocycles. The number of carbonyl (C=O) groups is 2. The Kier molecular flexibility index (Phi) is 6.35. The predicted octanol–water partition coefficient (Wildman–Crippen LogP) is 1.37. The van der Waals surface area contributed by atoms with Crippen molar-refractivity contribution in [3.8, 4) is 0 Å². The Bertz CT molecular complexity index is 734. The zero-order chi connectivity index (χ0) is 19.4. The number of aromatic nitrogens is 1. The average molecular weight is 384 g/mol. The lowest BCUT2D eigenvalue weighted by molar-refractivity contribution is -0.168. The Morgan fingerprint density at radius 1 is 1.27 bits per heavy atom. The van der Waals surface area contributed by atoms with Crippen LogP contribution in [0.2, 0.25) is 0 Å². The molecule has 1 aromatic rings. The number of ether oxygens (including phenoxy) is 2. The van der Waals surface area contributed by atoms with Crippen LogP contribution in [-0.4, -0.2) is 54.9 Å². The van der Waals surface area contributed by atoms with Crippen molar-refractivity contribution >= 4 is 22.0 Å². The van der Waals surface area contributed by atoms with Crippen LogP contribution < -0.4 is 0 Å². The summed E-state index contributed by atoms with van der Waals surface area (Å²) < 4.78 is 36.5. The van der Waals surface area contributed by atoms with Gasteiger partial charge < -0.3 is 9.47 Å². The number of carbonyl (C=O) groups excluding carboxylic acids is 2. The molecule has 1 saturated heterocycles. The molecule has 9 heteroatoms. The van der Waals surface area contributed by atoms with Crippen molar-refractivity contribution in [1.82, 2.24) is 9.29 Å². The molecule has 0 aliphatic carbocycles. The van der Waals surface area contributed by atoms with Gasteiger partial charge in [0.05, 0.1) is 5.92 Å². The number of hydrogen-bond donors (Lipinski definition) is 0. The lowest BCUT2D eigenvalue weighted by Gasteiger charge is -2.30. The summed E-state index contributed by atoms with van der Waals surface area (Å²) in [6, 6.07) is 3.05. The molecule has 26 heavy (non-hydrogen) atoms. The van der Waals surface area contributed by atoms with Crippen LogP contribution in [0.25, 0.3) is 0 Å². The Balaban J connectivity index is 1.84. The van der Waals surface area contributed by atoms with Crippen molar-refractivity contribution in [1.29, 1.82) is 0 Å². The average Bonchev–Trinajstić information content (AvgIpc) is 2.59. The molecule has 1 aliphatic rings. The highest BCUT2D eigenvalue weighted by atomic mass is 32.2. The smallest absolute Gasteiger partial charge is 0.344 e. The maximum Gasteiger partial charge on any atom is 0.344 e. The monoisotopic (exact) mass is 384 g/mol. The number of hydrogen-bond acceptors (Lipinski definition) is 7. The first-order chi connectivity index (χ1) is 12.1. The summed E-state index contributed by atoms with van der Waals surface area (Å²) in [5.41, 5.74) is -0.643. The molecule has 1 fully saturated rings. The molecule has 2 rings (SSSR count). The molecule has 0 unspecified atom stereocenters. The molecule has 0 aromatic carbocycles. The van der Waals surface area contributed by atoms with Crippen molar-refractivity contribution in [2.45, 2.75) is 44.1 Å². The van der Waals surface area contributed by atoms with Crippen LogP contribution in [0.4, 0.5) is 0 Å². The molecule has 0 spiro atoms. The van der Waals surface area contributed by atoms with Gasteiger partial charge in [0.2, 0.25) is 10.0 Å². The molecule has 0 bridgehead atoms. The van der Waals surface area contributed by atoms with Crippen molar-refractivity contribution in [2.75, 3.05) is 19.7 Å². The molecule has 2 heterocycles. The van der Waals surface area contributed by atoms with Gasteiger partial charge in [0.1, 0.15) is 10.5 Å². The fourth-order valence-electron chi connectivity index (χ4n) is 2.60. The molecule has 0 saturated carbocycles. The zero-order valence-corrected chi connectivity index (χ0v) is 16.0. The van der Waals surface area contributed by atoms with Gasteiger partial charge in [-0.2, -0.15) is 4.31 Å². The van der Waals surface area contributed by atoms with E-state index in [1.54, 1.807) is 26.8 Å². The van der Waals surface area contributed by atoms with Crippen LogP contribution in [0.15, 0.2) is 29.4 Å². The van der Waals surface area contributed by atoms with Gasteiger partial charge in [-0.05, 0) is 45.7 Å². The van der Waals surface area contributed by atoms with E-state index in [1.165, 1.54) is 22.8 Å². The Morgan fingerprint density at radius 3 is 2.46 bits per heavy atom. The third kappa shape index (κ3) is 5.50. The summed E-state index contributed by atoms with van der Waals surface area (Å²) in [6.07, 6.45) is 3.49. The van der Waals surface area contributed by atoms with E-state index in [2.05, 4.69) is 4.98 Å². The van der Waals surface area contributed by atoms with Gasteiger partial charge >= 0.3 is 11.9 Å². The van der Waals surface area contributed by atoms with Gasteiger partial charge in [-0.25, -0.2) is 13.2 Å². The van der Waals surface area contributed by atoms with Crippen LogP contribution in [0.1, 0.15) is 33.6 Å². The second-order valence-corrected chi connectivity index (χ2v) is 9.00. The lowest BCUT2D eigenvalue weighted by Crippen LogP contribution is -2.41. The van der Waals surface area contributed by atoms with E-state index >= 15 is 0 Å². The summed E-state index contributed by atoms with van der Waals surface area (Å²) in [6.45, 7) is 5.17. The normalized spacial score (nSPS) is 16.9. The molecule has 0 radical (unpaired) electrons. The van der Waals surface area contributed by atoms with E-state index in [9.17, 15) is 18.0 Å². The second-order valence-electron chi connectivity index (χ2n) is 7.06. The highest BCUT2D eigenvalue weighted by Crippen LogP contribution is 2.24. The van der Waals surface area contributed by atoms with Crippen LogP contribution in [0.3, 0.4) is 0 Å². The van der Waals surface area contributed by atoms with Gasteiger partial charge in [0.15, 0.2) is 6.61 Å². The van der Waals surface area contributed by atoms with E-state index in [-0.39, 0.29) is 18.0 Å². The molecule has 0 amide bonds. The number of piperidine rings is 1. The fourth-order valence-corrected chi connectivity index (χ4v) is 4.03. The van der Waals surface area contributed by atoms with Crippen molar-refractivity contribution in [2.24, 2.45) is 5.92 Å². The van der Waals surface area contributed by atoms with Gasteiger partial charge in [-0.1, -0.05) is 0 Å². The third-order valence-electron chi connectivity index (χ3n) is 3.81. The molecule has 0 atom stereocenters. The second kappa shape index (κ2) is 8.13. The van der Waals surface area contributed by atoms with Gasteiger partial charge in [0.25, 0.3) is 0 Å². The minimum atomic E-state index is -3.61. The van der Waals surface area contributed by atoms with Crippen molar-refractivity contribution < 1.29 is 27.5 Å². The van der Waals surface area contributed by atoms with Crippen LogP contribution in [-0.2, 0) is 29.1 Å². The largest absolute Gasteiger partial charge is 0.457 e. The number of nitrogens with zero attached hydrogens (tertiary/aromatic N) is 2. The Labute approximate surface area is 153 Å².